The number of benzene rings is 1. The predicted molar refractivity (Wildman–Crippen MR) is 62.3 cm³/mol. The maximum Gasteiger partial charge on any atom is 0.339 e. The van der Waals surface area contributed by atoms with Crippen LogP contribution < -0.4 is 5.73 Å². The Kier molecular flexibility index (Phi) is 3.18. The quantitative estimate of drug-likeness (QED) is 0.624. The summed E-state index contributed by atoms with van der Waals surface area (Å²) in [5.41, 5.74) is 5.58. The van der Waals surface area contributed by atoms with E-state index in [1.807, 2.05) is 0 Å². The molecule has 1 unspecified atom stereocenters. The summed E-state index contributed by atoms with van der Waals surface area (Å²) in [7, 11) is 1.64. The maximum atomic E-state index is 13.1. The van der Waals surface area contributed by atoms with E-state index < -0.39 is 17.9 Å². The Balaban J connectivity index is 2.10. The Labute approximate surface area is 103 Å². The zero-order valence-corrected chi connectivity index (χ0v) is 9.85. The number of nitrogen functional groups attached to an aromatic ring is 1. The van der Waals surface area contributed by atoms with E-state index in [9.17, 15) is 14.0 Å². The molecule has 1 aromatic carbocycles. The van der Waals surface area contributed by atoms with Gasteiger partial charge in [-0.1, -0.05) is 0 Å². The highest BCUT2D eigenvalue weighted by molar-refractivity contribution is 5.93. The summed E-state index contributed by atoms with van der Waals surface area (Å²) in [5, 5.41) is 0. The van der Waals surface area contributed by atoms with Crippen molar-refractivity contribution in [1.29, 1.82) is 0 Å². The number of amides is 1. The van der Waals surface area contributed by atoms with Gasteiger partial charge in [-0.25, -0.2) is 9.18 Å². The molecule has 1 aliphatic rings. The molecule has 1 heterocycles. The molecule has 2 rings (SSSR count). The molecular weight excluding hydrogens is 239 g/mol. The average Bonchev–Trinajstić information content (AvgIpc) is 2.59. The molecule has 0 radical (unpaired) electrons. The number of esters is 1. The molecule has 1 atom stereocenters. The lowest BCUT2D eigenvalue weighted by Crippen LogP contribution is -2.29. The molecule has 0 bridgehead atoms. The third kappa shape index (κ3) is 2.42. The summed E-state index contributed by atoms with van der Waals surface area (Å²) in [6.45, 7) is 0.544. The molecule has 96 valence electrons. The number of halogens is 1. The molecule has 1 aliphatic heterocycles. The molecule has 6 heteroatoms. The molecule has 0 saturated carbocycles. The van der Waals surface area contributed by atoms with Crippen molar-refractivity contribution in [2.24, 2.45) is 0 Å². The molecule has 0 aromatic heterocycles. The van der Waals surface area contributed by atoms with E-state index in [2.05, 4.69) is 0 Å². The van der Waals surface area contributed by atoms with Crippen molar-refractivity contribution < 1.29 is 18.7 Å². The van der Waals surface area contributed by atoms with Crippen LogP contribution in [0.5, 0.6) is 0 Å². The first-order valence-corrected chi connectivity index (χ1v) is 5.49. The van der Waals surface area contributed by atoms with Gasteiger partial charge in [0.1, 0.15) is 5.82 Å². The Morgan fingerprint density at radius 2 is 2.22 bits per heavy atom. The van der Waals surface area contributed by atoms with Gasteiger partial charge in [-0.05, 0) is 18.2 Å². The van der Waals surface area contributed by atoms with Gasteiger partial charge in [-0.3, -0.25) is 4.79 Å². The van der Waals surface area contributed by atoms with Gasteiger partial charge in [0.2, 0.25) is 0 Å². The summed E-state index contributed by atoms with van der Waals surface area (Å²) >= 11 is 0. The fourth-order valence-electron chi connectivity index (χ4n) is 1.83. The Bertz CT molecular complexity index is 484. The second-order valence-electron chi connectivity index (χ2n) is 4.22. The minimum Gasteiger partial charge on any atom is -0.449 e. The fraction of sp³-hybridized carbons (Fsp3) is 0.333. The third-order valence-electron chi connectivity index (χ3n) is 2.78. The SMILES string of the molecule is CN1CCC(OC(=O)c2cc(N)cc(F)c2)C1=O. The van der Waals surface area contributed by atoms with E-state index in [4.69, 9.17) is 10.5 Å². The second kappa shape index (κ2) is 4.64. The predicted octanol–water partition coefficient (Wildman–Crippen LogP) is 0.795. The number of likely N-dealkylation sites (N-methyl/N-ethyl adjacent to an activating group) is 1. The van der Waals surface area contributed by atoms with E-state index in [0.29, 0.717) is 13.0 Å². The van der Waals surface area contributed by atoms with Crippen LogP contribution >= 0.6 is 0 Å². The smallest absolute Gasteiger partial charge is 0.339 e. The van der Waals surface area contributed by atoms with Gasteiger partial charge >= 0.3 is 5.97 Å². The van der Waals surface area contributed by atoms with Crippen LogP contribution in [0.2, 0.25) is 0 Å². The topological polar surface area (TPSA) is 72.6 Å². The minimum absolute atomic E-state index is 0.00912. The van der Waals surface area contributed by atoms with Crippen LogP contribution in [-0.4, -0.2) is 36.5 Å². The molecular formula is C12H13FN2O3. The van der Waals surface area contributed by atoms with Gasteiger partial charge < -0.3 is 15.4 Å². The Morgan fingerprint density at radius 1 is 1.50 bits per heavy atom. The molecule has 1 amide bonds. The van der Waals surface area contributed by atoms with E-state index in [1.54, 1.807) is 7.05 Å². The number of hydrogen-bond donors (Lipinski definition) is 1. The van der Waals surface area contributed by atoms with Gasteiger partial charge in [0.15, 0.2) is 6.10 Å². The molecule has 0 spiro atoms. The normalized spacial score (nSPS) is 19.1. The lowest BCUT2D eigenvalue weighted by Gasteiger charge is -2.11. The lowest BCUT2D eigenvalue weighted by molar-refractivity contribution is -0.133. The largest absolute Gasteiger partial charge is 0.449 e. The van der Waals surface area contributed by atoms with Crippen LogP contribution in [0.1, 0.15) is 16.8 Å². The van der Waals surface area contributed by atoms with Crippen molar-refractivity contribution in [3.05, 3.63) is 29.6 Å². The van der Waals surface area contributed by atoms with Crippen LogP contribution in [-0.2, 0) is 9.53 Å². The van der Waals surface area contributed by atoms with Gasteiger partial charge in [0.25, 0.3) is 5.91 Å². The summed E-state index contributed by atoms with van der Waals surface area (Å²) in [4.78, 5) is 24.8. The average molecular weight is 252 g/mol. The van der Waals surface area contributed by atoms with Crippen LogP contribution in [0.15, 0.2) is 18.2 Å². The number of carbonyl (C=O) groups excluding carboxylic acids is 2. The first-order valence-electron chi connectivity index (χ1n) is 5.49. The molecule has 18 heavy (non-hydrogen) atoms. The second-order valence-corrected chi connectivity index (χ2v) is 4.22. The first-order chi connectivity index (χ1) is 8.47. The van der Waals surface area contributed by atoms with Crippen molar-refractivity contribution in [2.75, 3.05) is 19.3 Å². The van der Waals surface area contributed by atoms with Crippen LogP contribution in [0.4, 0.5) is 10.1 Å². The van der Waals surface area contributed by atoms with Crippen molar-refractivity contribution in [2.45, 2.75) is 12.5 Å². The zero-order chi connectivity index (χ0) is 13.3. The highest BCUT2D eigenvalue weighted by Crippen LogP contribution is 2.17. The van der Waals surface area contributed by atoms with E-state index >= 15 is 0 Å². The Hall–Kier alpha value is -2.11. The van der Waals surface area contributed by atoms with Gasteiger partial charge in [0.05, 0.1) is 5.56 Å². The van der Waals surface area contributed by atoms with Crippen molar-refractivity contribution in [3.8, 4) is 0 Å². The molecule has 2 N–H and O–H groups in total. The maximum absolute atomic E-state index is 13.1. The van der Waals surface area contributed by atoms with Crippen molar-refractivity contribution in [3.63, 3.8) is 0 Å². The van der Waals surface area contributed by atoms with E-state index in [1.165, 1.54) is 11.0 Å². The summed E-state index contributed by atoms with van der Waals surface area (Å²) in [6.07, 6.45) is -0.335. The molecule has 5 nitrogen and oxygen atoms in total. The third-order valence-corrected chi connectivity index (χ3v) is 2.78. The van der Waals surface area contributed by atoms with Crippen LogP contribution in [0.3, 0.4) is 0 Å². The number of nitrogens with zero attached hydrogens (tertiary/aromatic N) is 1. The molecule has 1 fully saturated rings. The summed E-state index contributed by atoms with van der Waals surface area (Å²) < 4.78 is 18.1. The number of carbonyl (C=O) groups is 2. The highest BCUT2D eigenvalue weighted by Gasteiger charge is 2.32. The van der Waals surface area contributed by atoms with E-state index in [-0.39, 0.29) is 17.2 Å². The first kappa shape index (κ1) is 12.3. The molecule has 1 saturated heterocycles. The highest BCUT2D eigenvalue weighted by atomic mass is 19.1. The minimum atomic E-state index is -0.785. The Morgan fingerprint density at radius 3 is 2.78 bits per heavy atom. The molecule has 1 aromatic rings. The van der Waals surface area contributed by atoms with Crippen molar-refractivity contribution >= 4 is 17.6 Å². The van der Waals surface area contributed by atoms with E-state index in [0.717, 1.165) is 12.1 Å². The standard InChI is InChI=1S/C12H13FN2O3/c1-15-3-2-10(11(15)16)18-12(17)7-4-8(13)6-9(14)5-7/h4-6,10H,2-3,14H2,1H3. The number of hydrogen-bond acceptors (Lipinski definition) is 4. The van der Waals surface area contributed by atoms with Crippen LogP contribution in [0, 0.1) is 5.82 Å². The lowest BCUT2D eigenvalue weighted by atomic mass is 10.2. The molecule has 0 aliphatic carbocycles. The fourth-order valence-corrected chi connectivity index (χ4v) is 1.83. The van der Waals surface area contributed by atoms with Gasteiger partial charge in [0, 0.05) is 25.7 Å². The number of rotatable bonds is 2. The monoisotopic (exact) mass is 252 g/mol. The number of anilines is 1. The van der Waals surface area contributed by atoms with Gasteiger partial charge in [-0.2, -0.15) is 0 Å². The number of nitrogens with two attached hydrogens (primary N) is 1. The van der Waals surface area contributed by atoms with Gasteiger partial charge in [-0.15, -0.1) is 0 Å². The van der Waals surface area contributed by atoms with Crippen molar-refractivity contribution in [1.82, 2.24) is 4.90 Å². The summed E-state index contributed by atoms with van der Waals surface area (Å²) in [5.74, 6) is -1.60. The summed E-state index contributed by atoms with van der Waals surface area (Å²) in [6, 6.07) is 3.45. The number of ether oxygens (including phenoxy) is 1. The number of likely N-dealkylation sites (tertiary alicyclic amines) is 1. The van der Waals surface area contributed by atoms with Crippen LogP contribution in [0.25, 0.3) is 0 Å². The zero-order valence-electron chi connectivity index (χ0n) is 9.85.